The molecule has 76 valence electrons. The molecule has 0 unspecified atom stereocenters. The van der Waals surface area contributed by atoms with Gasteiger partial charge in [0.05, 0.1) is 11.0 Å². The topological polar surface area (TPSA) is 69.2 Å². The van der Waals surface area contributed by atoms with Crippen LogP contribution in [0.25, 0.3) is 0 Å². The molecule has 0 aromatic heterocycles. The van der Waals surface area contributed by atoms with E-state index in [1.165, 1.54) is 12.1 Å². The van der Waals surface area contributed by atoms with Gasteiger partial charge in [0.25, 0.3) is 12.1 Å². The number of halogens is 2. The Morgan fingerprint density at radius 1 is 1.29 bits per heavy atom. The van der Waals surface area contributed by atoms with Crippen molar-refractivity contribution in [3.05, 3.63) is 39.9 Å². The van der Waals surface area contributed by atoms with Gasteiger partial charge in [0, 0.05) is 12.1 Å². The summed E-state index contributed by atoms with van der Waals surface area (Å²) < 4.78 is 24.2. The van der Waals surface area contributed by atoms with Crippen molar-refractivity contribution in [1.82, 2.24) is 0 Å². The lowest BCUT2D eigenvalue weighted by Gasteiger charge is -2.09. The number of hydrogen-bond donors (Lipinski definition) is 1. The molecule has 4 nitrogen and oxygen atoms in total. The molecule has 0 amide bonds. The monoisotopic (exact) mass is 202 g/mol. The first-order chi connectivity index (χ1) is 6.52. The maximum atomic E-state index is 12.1. The molecule has 0 spiro atoms. The minimum absolute atomic E-state index is 0.143. The standard InChI is InChI=1S/C8H8F2N2O2/c9-8(10)7(11)5-1-3-6(4-2-5)12(13)14/h1-4,7-8H,11H2/t7-/m1/s1. The van der Waals surface area contributed by atoms with Crippen LogP contribution in [0.4, 0.5) is 14.5 Å². The number of nitro benzene ring substituents is 1. The fourth-order valence-electron chi connectivity index (χ4n) is 0.964. The smallest absolute Gasteiger partial charge is 0.269 e. The molecule has 2 N–H and O–H groups in total. The third-order valence-electron chi connectivity index (χ3n) is 1.76. The van der Waals surface area contributed by atoms with Gasteiger partial charge in [-0.2, -0.15) is 0 Å². The normalized spacial score (nSPS) is 12.9. The van der Waals surface area contributed by atoms with E-state index in [0.29, 0.717) is 0 Å². The maximum Gasteiger partial charge on any atom is 0.269 e. The zero-order valence-electron chi connectivity index (χ0n) is 7.06. The first-order valence-corrected chi connectivity index (χ1v) is 3.80. The second kappa shape index (κ2) is 4.10. The van der Waals surface area contributed by atoms with Gasteiger partial charge in [-0.25, -0.2) is 8.78 Å². The molecule has 0 aliphatic carbocycles. The number of hydrogen-bond acceptors (Lipinski definition) is 3. The van der Waals surface area contributed by atoms with E-state index in [1.54, 1.807) is 0 Å². The van der Waals surface area contributed by atoms with Crippen molar-refractivity contribution >= 4 is 5.69 Å². The van der Waals surface area contributed by atoms with Crippen molar-refractivity contribution in [2.75, 3.05) is 0 Å². The van der Waals surface area contributed by atoms with Gasteiger partial charge in [-0.3, -0.25) is 10.1 Å². The number of nitro groups is 1. The van der Waals surface area contributed by atoms with Crippen LogP contribution in [-0.2, 0) is 0 Å². The van der Waals surface area contributed by atoms with Gasteiger partial charge in [0.2, 0.25) is 0 Å². The summed E-state index contributed by atoms with van der Waals surface area (Å²) in [7, 11) is 0. The predicted molar refractivity (Wildman–Crippen MR) is 46.0 cm³/mol. The Hall–Kier alpha value is -1.56. The zero-order valence-corrected chi connectivity index (χ0v) is 7.06. The molecule has 6 heteroatoms. The Kier molecular flexibility index (Phi) is 3.08. The minimum atomic E-state index is -2.67. The largest absolute Gasteiger partial charge is 0.319 e. The van der Waals surface area contributed by atoms with E-state index < -0.39 is 17.4 Å². The van der Waals surface area contributed by atoms with Crippen LogP contribution < -0.4 is 5.73 Å². The van der Waals surface area contributed by atoms with Crippen molar-refractivity contribution in [3.8, 4) is 0 Å². The van der Waals surface area contributed by atoms with Gasteiger partial charge in [-0.1, -0.05) is 12.1 Å². The Morgan fingerprint density at radius 3 is 2.14 bits per heavy atom. The van der Waals surface area contributed by atoms with Crippen LogP contribution in [0, 0.1) is 10.1 Å². The van der Waals surface area contributed by atoms with Crippen LogP contribution in [0.5, 0.6) is 0 Å². The highest BCUT2D eigenvalue weighted by Crippen LogP contribution is 2.20. The van der Waals surface area contributed by atoms with Crippen LogP contribution >= 0.6 is 0 Å². The summed E-state index contributed by atoms with van der Waals surface area (Å²) >= 11 is 0. The van der Waals surface area contributed by atoms with E-state index in [9.17, 15) is 18.9 Å². The predicted octanol–water partition coefficient (Wildman–Crippen LogP) is 1.86. The lowest BCUT2D eigenvalue weighted by atomic mass is 10.1. The molecular weight excluding hydrogens is 194 g/mol. The first-order valence-electron chi connectivity index (χ1n) is 3.80. The van der Waals surface area contributed by atoms with E-state index in [1.807, 2.05) is 0 Å². The number of alkyl halides is 2. The molecule has 0 fully saturated rings. The first kappa shape index (κ1) is 10.5. The van der Waals surface area contributed by atoms with Crippen LogP contribution in [0.2, 0.25) is 0 Å². The minimum Gasteiger partial charge on any atom is -0.319 e. The van der Waals surface area contributed by atoms with Crippen LogP contribution in [0.3, 0.4) is 0 Å². The number of rotatable bonds is 3. The molecule has 0 heterocycles. The molecule has 0 saturated carbocycles. The maximum absolute atomic E-state index is 12.1. The van der Waals surface area contributed by atoms with Gasteiger partial charge in [0.1, 0.15) is 0 Å². The molecule has 0 aliphatic rings. The summed E-state index contributed by atoms with van der Waals surface area (Å²) in [5.74, 6) is 0. The van der Waals surface area contributed by atoms with Crippen molar-refractivity contribution < 1.29 is 13.7 Å². The molecule has 1 aromatic rings. The van der Waals surface area contributed by atoms with E-state index in [4.69, 9.17) is 5.73 Å². The highest BCUT2D eigenvalue weighted by molar-refractivity contribution is 5.34. The summed E-state index contributed by atoms with van der Waals surface area (Å²) in [5.41, 5.74) is 5.19. The summed E-state index contributed by atoms with van der Waals surface area (Å²) in [5, 5.41) is 10.2. The summed E-state index contributed by atoms with van der Waals surface area (Å²) in [4.78, 5) is 9.64. The van der Waals surface area contributed by atoms with Crippen LogP contribution in [0.15, 0.2) is 24.3 Å². The molecule has 0 bridgehead atoms. The van der Waals surface area contributed by atoms with Gasteiger partial charge in [-0.05, 0) is 5.56 Å². The highest BCUT2D eigenvalue weighted by atomic mass is 19.3. The molecule has 1 atom stereocenters. The van der Waals surface area contributed by atoms with Gasteiger partial charge in [-0.15, -0.1) is 0 Å². The van der Waals surface area contributed by atoms with Gasteiger partial charge in [0.15, 0.2) is 0 Å². The molecule has 14 heavy (non-hydrogen) atoms. The molecule has 0 saturated heterocycles. The van der Waals surface area contributed by atoms with E-state index in [-0.39, 0.29) is 11.3 Å². The van der Waals surface area contributed by atoms with Crippen LogP contribution in [0.1, 0.15) is 11.6 Å². The number of nitrogens with zero attached hydrogens (tertiary/aromatic N) is 1. The second-order valence-corrected chi connectivity index (χ2v) is 2.71. The Labute approximate surface area is 78.5 Å². The molecule has 0 radical (unpaired) electrons. The second-order valence-electron chi connectivity index (χ2n) is 2.71. The summed E-state index contributed by atoms with van der Waals surface area (Å²) in [6, 6.07) is 3.37. The van der Waals surface area contributed by atoms with Crippen LogP contribution in [-0.4, -0.2) is 11.3 Å². The Morgan fingerprint density at radius 2 is 1.79 bits per heavy atom. The molecule has 1 aromatic carbocycles. The molecule has 1 rings (SSSR count). The quantitative estimate of drug-likeness (QED) is 0.600. The highest BCUT2D eigenvalue weighted by Gasteiger charge is 2.17. The van der Waals surface area contributed by atoms with Gasteiger partial charge >= 0.3 is 0 Å². The fourth-order valence-corrected chi connectivity index (χ4v) is 0.964. The zero-order chi connectivity index (χ0) is 10.7. The summed E-state index contributed by atoms with van der Waals surface area (Å²) in [6.45, 7) is 0. The van der Waals surface area contributed by atoms with E-state index >= 15 is 0 Å². The number of non-ortho nitro benzene ring substituents is 1. The summed E-state index contributed by atoms with van der Waals surface area (Å²) in [6.07, 6.45) is -2.67. The number of benzene rings is 1. The Bertz CT molecular complexity index is 327. The SMILES string of the molecule is N[C@H](c1ccc([N+](=O)[O-])cc1)C(F)F. The third kappa shape index (κ3) is 2.23. The molecule has 0 aliphatic heterocycles. The fraction of sp³-hybridized carbons (Fsp3) is 0.250. The van der Waals surface area contributed by atoms with Gasteiger partial charge < -0.3 is 5.73 Å². The lowest BCUT2D eigenvalue weighted by molar-refractivity contribution is -0.384. The van der Waals surface area contributed by atoms with Crippen molar-refractivity contribution in [3.63, 3.8) is 0 Å². The van der Waals surface area contributed by atoms with Crippen molar-refractivity contribution in [2.24, 2.45) is 5.73 Å². The third-order valence-corrected chi connectivity index (χ3v) is 1.76. The van der Waals surface area contributed by atoms with Crippen molar-refractivity contribution in [1.29, 1.82) is 0 Å². The average Bonchev–Trinajstić information content (AvgIpc) is 2.16. The van der Waals surface area contributed by atoms with E-state index in [0.717, 1.165) is 12.1 Å². The number of nitrogens with two attached hydrogens (primary N) is 1. The molecular formula is C8H8F2N2O2. The van der Waals surface area contributed by atoms with E-state index in [2.05, 4.69) is 0 Å². The lowest BCUT2D eigenvalue weighted by Crippen LogP contribution is -2.18. The average molecular weight is 202 g/mol. The Balaban J connectivity index is 2.88. The van der Waals surface area contributed by atoms with Crippen molar-refractivity contribution in [2.45, 2.75) is 12.5 Å².